The average molecular weight is 325 g/mol. The van der Waals surface area contributed by atoms with Gasteiger partial charge in [-0.1, -0.05) is 12.1 Å². The van der Waals surface area contributed by atoms with Gasteiger partial charge in [0.25, 0.3) is 5.91 Å². The SMILES string of the molecule is CC1(C)OB(c2ccc(C(=O)Nc3ccncn3)cc2)OC1(C)C. The van der Waals surface area contributed by atoms with E-state index in [-0.39, 0.29) is 17.1 Å². The maximum Gasteiger partial charge on any atom is 0.494 e. The van der Waals surface area contributed by atoms with Gasteiger partial charge in [-0.2, -0.15) is 0 Å². The molecular formula is C17H20BN3O3. The lowest BCUT2D eigenvalue weighted by molar-refractivity contribution is 0.00578. The first-order valence-corrected chi connectivity index (χ1v) is 7.81. The van der Waals surface area contributed by atoms with E-state index < -0.39 is 7.12 Å². The van der Waals surface area contributed by atoms with Crippen molar-refractivity contribution >= 4 is 24.3 Å². The number of amides is 1. The Balaban J connectivity index is 1.71. The smallest absolute Gasteiger partial charge is 0.399 e. The molecule has 0 saturated carbocycles. The Hall–Kier alpha value is -2.25. The third kappa shape index (κ3) is 3.18. The Morgan fingerprint density at radius 1 is 1.04 bits per heavy atom. The van der Waals surface area contributed by atoms with Gasteiger partial charge in [-0.15, -0.1) is 0 Å². The fourth-order valence-electron chi connectivity index (χ4n) is 2.32. The summed E-state index contributed by atoms with van der Waals surface area (Å²) in [5, 5.41) is 2.72. The maximum atomic E-state index is 12.2. The molecule has 2 aromatic rings. The number of benzene rings is 1. The molecule has 1 aliphatic rings. The molecule has 1 aromatic heterocycles. The predicted molar refractivity (Wildman–Crippen MR) is 92.1 cm³/mol. The Kier molecular flexibility index (Phi) is 4.15. The third-order valence-electron chi connectivity index (χ3n) is 4.52. The molecule has 6 nitrogen and oxygen atoms in total. The van der Waals surface area contributed by atoms with E-state index in [1.165, 1.54) is 6.33 Å². The Morgan fingerprint density at radius 2 is 1.67 bits per heavy atom. The Labute approximate surface area is 141 Å². The Bertz CT molecular complexity index is 717. The number of nitrogens with one attached hydrogen (secondary N) is 1. The van der Waals surface area contributed by atoms with Crippen LogP contribution in [-0.4, -0.2) is 34.2 Å². The summed E-state index contributed by atoms with van der Waals surface area (Å²) in [4.78, 5) is 20.0. The molecule has 1 fully saturated rings. The van der Waals surface area contributed by atoms with Crippen LogP contribution >= 0.6 is 0 Å². The second-order valence-corrected chi connectivity index (χ2v) is 6.76. The van der Waals surface area contributed by atoms with Crippen LogP contribution in [0.3, 0.4) is 0 Å². The van der Waals surface area contributed by atoms with Crippen molar-refractivity contribution in [1.82, 2.24) is 9.97 Å². The van der Waals surface area contributed by atoms with E-state index in [1.54, 1.807) is 24.4 Å². The molecule has 0 atom stereocenters. The second-order valence-electron chi connectivity index (χ2n) is 6.76. The topological polar surface area (TPSA) is 73.3 Å². The summed E-state index contributed by atoms with van der Waals surface area (Å²) in [7, 11) is -0.436. The molecule has 3 rings (SSSR count). The summed E-state index contributed by atoms with van der Waals surface area (Å²) in [6.45, 7) is 8.04. The van der Waals surface area contributed by atoms with Crippen LogP contribution in [0.25, 0.3) is 0 Å². The highest BCUT2D eigenvalue weighted by atomic mass is 16.7. The molecule has 0 radical (unpaired) electrons. The number of hydrogen-bond acceptors (Lipinski definition) is 5. The van der Waals surface area contributed by atoms with Gasteiger partial charge in [-0.3, -0.25) is 4.79 Å². The van der Waals surface area contributed by atoms with E-state index in [9.17, 15) is 4.79 Å². The minimum absolute atomic E-state index is 0.228. The summed E-state index contributed by atoms with van der Waals surface area (Å²) in [6.07, 6.45) is 2.96. The van der Waals surface area contributed by atoms with Crippen molar-refractivity contribution in [2.45, 2.75) is 38.9 Å². The molecule has 2 heterocycles. The monoisotopic (exact) mass is 325 g/mol. The fourth-order valence-corrected chi connectivity index (χ4v) is 2.32. The van der Waals surface area contributed by atoms with Crippen molar-refractivity contribution in [3.05, 3.63) is 48.4 Å². The molecule has 1 N–H and O–H groups in total. The van der Waals surface area contributed by atoms with Crippen LogP contribution in [0.15, 0.2) is 42.9 Å². The fraction of sp³-hybridized carbons (Fsp3) is 0.353. The molecule has 1 saturated heterocycles. The normalized spacial score (nSPS) is 18.4. The van der Waals surface area contributed by atoms with Crippen LogP contribution in [0.2, 0.25) is 0 Å². The average Bonchev–Trinajstić information content (AvgIpc) is 2.76. The van der Waals surface area contributed by atoms with E-state index in [0.29, 0.717) is 11.4 Å². The van der Waals surface area contributed by atoms with Gasteiger partial charge in [0, 0.05) is 11.8 Å². The number of nitrogens with zero attached hydrogens (tertiary/aromatic N) is 2. The molecule has 0 bridgehead atoms. The van der Waals surface area contributed by atoms with Crippen molar-refractivity contribution in [3.63, 3.8) is 0 Å². The molecule has 124 valence electrons. The molecule has 1 aromatic carbocycles. The summed E-state index contributed by atoms with van der Waals surface area (Å²) in [5.41, 5.74) is 0.641. The Morgan fingerprint density at radius 3 is 2.21 bits per heavy atom. The molecule has 0 unspecified atom stereocenters. The molecule has 7 heteroatoms. The van der Waals surface area contributed by atoms with E-state index in [1.807, 2.05) is 39.8 Å². The van der Waals surface area contributed by atoms with Crippen LogP contribution in [-0.2, 0) is 9.31 Å². The number of carbonyl (C=O) groups excluding carboxylic acids is 1. The number of anilines is 1. The number of carbonyl (C=O) groups is 1. The summed E-state index contributed by atoms with van der Waals surface area (Å²) < 4.78 is 12.0. The highest BCUT2D eigenvalue weighted by Crippen LogP contribution is 2.36. The van der Waals surface area contributed by atoms with Gasteiger partial charge >= 0.3 is 7.12 Å². The van der Waals surface area contributed by atoms with Crippen molar-refractivity contribution in [2.24, 2.45) is 0 Å². The number of rotatable bonds is 3. The van der Waals surface area contributed by atoms with E-state index in [2.05, 4.69) is 15.3 Å². The van der Waals surface area contributed by atoms with Gasteiger partial charge in [-0.05, 0) is 51.4 Å². The molecule has 0 spiro atoms. The van der Waals surface area contributed by atoms with Gasteiger partial charge in [-0.25, -0.2) is 9.97 Å². The lowest BCUT2D eigenvalue weighted by Crippen LogP contribution is -2.41. The van der Waals surface area contributed by atoms with E-state index in [0.717, 1.165) is 5.46 Å². The van der Waals surface area contributed by atoms with Crippen LogP contribution in [0.4, 0.5) is 5.82 Å². The summed E-state index contributed by atoms with van der Waals surface area (Å²) >= 11 is 0. The van der Waals surface area contributed by atoms with Crippen LogP contribution < -0.4 is 10.8 Å². The maximum absolute atomic E-state index is 12.2. The summed E-state index contributed by atoms with van der Waals surface area (Å²) in [6, 6.07) is 8.82. The molecule has 0 aliphatic carbocycles. The molecule has 1 aliphatic heterocycles. The predicted octanol–water partition coefficient (Wildman–Crippen LogP) is 2.03. The van der Waals surface area contributed by atoms with Gasteiger partial charge in [0.15, 0.2) is 0 Å². The zero-order chi connectivity index (χ0) is 17.4. The second kappa shape index (κ2) is 6.00. The van der Waals surface area contributed by atoms with Gasteiger partial charge in [0.05, 0.1) is 11.2 Å². The zero-order valence-electron chi connectivity index (χ0n) is 14.2. The van der Waals surface area contributed by atoms with Crippen LogP contribution in [0, 0.1) is 0 Å². The quantitative estimate of drug-likeness (QED) is 0.874. The minimum atomic E-state index is -0.436. The number of hydrogen-bond donors (Lipinski definition) is 1. The largest absolute Gasteiger partial charge is 0.494 e. The summed E-state index contributed by atoms with van der Waals surface area (Å²) in [5.74, 6) is 0.235. The third-order valence-corrected chi connectivity index (χ3v) is 4.52. The lowest BCUT2D eigenvalue weighted by Gasteiger charge is -2.32. The first kappa shape index (κ1) is 16.6. The highest BCUT2D eigenvalue weighted by Gasteiger charge is 2.51. The molecular weight excluding hydrogens is 305 g/mol. The first-order valence-electron chi connectivity index (χ1n) is 7.81. The number of aromatic nitrogens is 2. The van der Waals surface area contributed by atoms with Crippen molar-refractivity contribution in [2.75, 3.05) is 5.32 Å². The first-order chi connectivity index (χ1) is 11.3. The van der Waals surface area contributed by atoms with Crippen molar-refractivity contribution in [3.8, 4) is 0 Å². The lowest BCUT2D eigenvalue weighted by atomic mass is 9.79. The minimum Gasteiger partial charge on any atom is -0.399 e. The van der Waals surface area contributed by atoms with Gasteiger partial charge in [0.1, 0.15) is 12.1 Å². The van der Waals surface area contributed by atoms with Crippen molar-refractivity contribution in [1.29, 1.82) is 0 Å². The van der Waals surface area contributed by atoms with Gasteiger partial charge < -0.3 is 14.6 Å². The van der Waals surface area contributed by atoms with Gasteiger partial charge in [0.2, 0.25) is 0 Å². The van der Waals surface area contributed by atoms with E-state index in [4.69, 9.17) is 9.31 Å². The molecule has 24 heavy (non-hydrogen) atoms. The zero-order valence-corrected chi connectivity index (χ0v) is 14.2. The highest BCUT2D eigenvalue weighted by molar-refractivity contribution is 6.62. The van der Waals surface area contributed by atoms with E-state index >= 15 is 0 Å². The van der Waals surface area contributed by atoms with Crippen LogP contribution in [0.1, 0.15) is 38.1 Å². The standard InChI is InChI=1S/C17H20BN3O3/c1-16(2)17(3,4)24-18(23-16)13-7-5-12(6-8-13)15(22)21-14-9-10-19-11-20-14/h5-11H,1-4H3,(H,19,20,21,22). The van der Waals surface area contributed by atoms with Crippen LogP contribution in [0.5, 0.6) is 0 Å². The molecule has 1 amide bonds. The van der Waals surface area contributed by atoms with Crippen molar-refractivity contribution < 1.29 is 14.1 Å².